The molecule has 1 atom stereocenters. The lowest BCUT2D eigenvalue weighted by atomic mass is 9.51. The highest BCUT2D eigenvalue weighted by Crippen LogP contribution is 2.58. The first-order valence-electron chi connectivity index (χ1n) is 8.73. The largest absolute Gasteiger partial charge is 0.389 e. The number of amides is 1. The molecule has 2 fully saturated rings. The summed E-state index contributed by atoms with van der Waals surface area (Å²) < 4.78 is 13.2. The van der Waals surface area contributed by atoms with Gasteiger partial charge in [0.2, 0.25) is 5.91 Å². The molecule has 3 rings (SSSR count). The molecule has 0 radical (unpaired) electrons. The van der Waals surface area contributed by atoms with Crippen LogP contribution in [0.5, 0.6) is 0 Å². The number of halogens is 1. The van der Waals surface area contributed by atoms with Crippen molar-refractivity contribution < 1.29 is 14.3 Å². The topological polar surface area (TPSA) is 40.5 Å². The summed E-state index contributed by atoms with van der Waals surface area (Å²) in [4.78, 5) is 14.3. The van der Waals surface area contributed by atoms with Crippen molar-refractivity contribution in [1.82, 2.24) is 4.90 Å². The Morgan fingerprint density at radius 1 is 1.26 bits per heavy atom. The van der Waals surface area contributed by atoms with Crippen LogP contribution in [0.3, 0.4) is 0 Å². The number of hydrogen-bond acceptors (Lipinski definition) is 2. The molecule has 4 heteroatoms. The molecule has 1 N–H and O–H groups in total. The van der Waals surface area contributed by atoms with Gasteiger partial charge in [0, 0.05) is 18.5 Å². The molecule has 1 heterocycles. The standard InChI is InChI=1S/C19H26FNO2/c1-2-6-19(23)8-7-18(19)9-11-21(12-10-18)17(22)14-15-4-3-5-16(20)13-15/h3-5,13,23H,2,6-12,14H2,1H3. The van der Waals surface area contributed by atoms with E-state index >= 15 is 0 Å². The van der Waals surface area contributed by atoms with Gasteiger partial charge in [0.25, 0.3) is 0 Å². The van der Waals surface area contributed by atoms with Crippen LogP contribution < -0.4 is 0 Å². The maximum Gasteiger partial charge on any atom is 0.226 e. The normalized spacial score (nSPS) is 26.1. The molecule has 0 aromatic heterocycles. The molecule has 1 spiro atoms. The second kappa shape index (κ2) is 6.23. The first-order valence-corrected chi connectivity index (χ1v) is 8.73. The van der Waals surface area contributed by atoms with Crippen molar-refractivity contribution in [2.75, 3.05) is 13.1 Å². The number of nitrogens with zero attached hydrogens (tertiary/aromatic N) is 1. The molecule has 1 aromatic carbocycles. The lowest BCUT2D eigenvalue weighted by Gasteiger charge is -2.59. The summed E-state index contributed by atoms with van der Waals surface area (Å²) in [6.07, 6.45) is 5.87. The molecule has 0 bridgehead atoms. The Morgan fingerprint density at radius 2 is 2.00 bits per heavy atom. The third-order valence-electron chi connectivity index (χ3n) is 5.99. The van der Waals surface area contributed by atoms with Gasteiger partial charge in [0.05, 0.1) is 12.0 Å². The maximum absolute atomic E-state index is 13.2. The number of aliphatic hydroxyl groups is 1. The van der Waals surface area contributed by atoms with Gasteiger partial charge in [-0.1, -0.05) is 25.5 Å². The number of likely N-dealkylation sites (tertiary alicyclic amines) is 1. The van der Waals surface area contributed by atoms with E-state index in [2.05, 4.69) is 6.92 Å². The highest BCUT2D eigenvalue weighted by molar-refractivity contribution is 5.78. The second-order valence-electron chi connectivity index (χ2n) is 7.25. The van der Waals surface area contributed by atoms with E-state index in [1.807, 2.05) is 4.90 Å². The van der Waals surface area contributed by atoms with E-state index in [0.29, 0.717) is 13.1 Å². The lowest BCUT2D eigenvalue weighted by molar-refractivity contribution is -0.194. The molecule has 1 saturated carbocycles. The van der Waals surface area contributed by atoms with Crippen LogP contribution in [0.15, 0.2) is 24.3 Å². The molecular weight excluding hydrogens is 293 g/mol. The van der Waals surface area contributed by atoms with Crippen LogP contribution in [0, 0.1) is 11.2 Å². The third kappa shape index (κ3) is 3.01. The number of rotatable bonds is 4. The molecule has 1 amide bonds. The fourth-order valence-electron chi connectivity index (χ4n) is 4.40. The van der Waals surface area contributed by atoms with Gasteiger partial charge < -0.3 is 10.0 Å². The molecule has 1 aliphatic carbocycles. The Hall–Kier alpha value is -1.42. The van der Waals surface area contributed by atoms with Crippen molar-refractivity contribution in [3.05, 3.63) is 35.6 Å². The van der Waals surface area contributed by atoms with Crippen molar-refractivity contribution in [3.8, 4) is 0 Å². The van der Waals surface area contributed by atoms with Crippen LogP contribution in [-0.2, 0) is 11.2 Å². The number of piperidine rings is 1. The smallest absolute Gasteiger partial charge is 0.226 e. The van der Waals surface area contributed by atoms with Crippen LogP contribution in [0.1, 0.15) is 51.0 Å². The van der Waals surface area contributed by atoms with Crippen molar-refractivity contribution in [1.29, 1.82) is 0 Å². The van der Waals surface area contributed by atoms with Gasteiger partial charge >= 0.3 is 0 Å². The number of carbonyl (C=O) groups is 1. The highest BCUT2D eigenvalue weighted by Gasteiger charge is 2.57. The summed E-state index contributed by atoms with van der Waals surface area (Å²) in [5.74, 6) is -0.240. The van der Waals surface area contributed by atoms with Gasteiger partial charge in [-0.15, -0.1) is 0 Å². The van der Waals surface area contributed by atoms with Crippen LogP contribution in [-0.4, -0.2) is 34.6 Å². The first-order chi connectivity index (χ1) is 11.0. The predicted molar refractivity (Wildman–Crippen MR) is 87.4 cm³/mol. The van der Waals surface area contributed by atoms with Crippen LogP contribution >= 0.6 is 0 Å². The summed E-state index contributed by atoms with van der Waals surface area (Å²) in [6, 6.07) is 6.25. The molecule has 1 unspecified atom stereocenters. The Bertz CT molecular complexity index is 580. The predicted octanol–water partition coefficient (Wildman–Crippen LogP) is 3.30. The number of hydrogen-bond donors (Lipinski definition) is 1. The van der Waals surface area contributed by atoms with Gasteiger partial charge in [0.1, 0.15) is 5.82 Å². The van der Waals surface area contributed by atoms with Gasteiger partial charge in [0.15, 0.2) is 0 Å². The average molecular weight is 319 g/mol. The van der Waals surface area contributed by atoms with Crippen LogP contribution in [0.2, 0.25) is 0 Å². The van der Waals surface area contributed by atoms with E-state index in [1.165, 1.54) is 12.1 Å². The molecule has 126 valence electrons. The van der Waals surface area contributed by atoms with Crippen LogP contribution in [0.4, 0.5) is 4.39 Å². The maximum atomic E-state index is 13.2. The minimum atomic E-state index is -0.514. The Kier molecular flexibility index (Phi) is 4.45. The average Bonchev–Trinajstić information content (AvgIpc) is 2.54. The van der Waals surface area contributed by atoms with E-state index in [4.69, 9.17) is 0 Å². The Balaban J connectivity index is 1.58. The molecule has 1 aromatic rings. The Labute approximate surface area is 137 Å². The zero-order valence-corrected chi connectivity index (χ0v) is 13.9. The SMILES string of the molecule is CCCC1(O)CCC12CCN(C(=O)Cc1cccc(F)c1)CC2. The zero-order chi connectivity index (χ0) is 16.5. The van der Waals surface area contributed by atoms with E-state index in [-0.39, 0.29) is 23.6 Å². The summed E-state index contributed by atoms with van der Waals surface area (Å²) in [7, 11) is 0. The van der Waals surface area contributed by atoms with E-state index in [0.717, 1.165) is 44.1 Å². The minimum Gasteiger partial charge on any atom is -0.389 e. The summed E-state index contributed by atoms with van der Waals surface area (Å²) in [5, 5.41) is 10.8. The minimum absolute atomic E-state index is 0.0264. The van der Waals surface area contributed by atoms with Gasteiger partial charge in [-0.05, 0) is 49.8 Å². The fourth-order valence-corrected chi connectivity index (χ4v) is 4.40. The zero-order valence-electron chi connectivity index (χ0n) is 13.9. The number of benzene rings is 1. The quantitative estimate of drug-likeness (QED) is 0.925. The highest BCUT2D eigenvalue weighted by atomic mass is 19.1. The van der Waals surface area contributed by atoms with Crippen LogP contribution in [0.25, 0.3) is 0 Å². The lowest BCUT2D eigenvalue weighted by Crippen LogP contribution is -2.61. The van der Waals surface area contributed by atoms with Gasteiger partial charge in [-0.3, -0.25) is 4.79 Å². The molecule has 2 aliphatic rings. The van der Waals surface area contributed by atoms with Gasteiger partial charge in [-0.2, -0.15) is 0 Å². The monoisotopic (exact) mass is 319 g/mol. The Morgan fingerprint density at radius 3 is 2.57 bits per heavy atom. The second-order valence-corrected chi connectivity index (χ2v) is 7.25. The molecule has 1 aliphatic heterocycles. The van der Waals surface area contributed by atoms with Crippen molar-refractivity contribution in [3.63, 3.8) is 0 Å². The van der Waals surface area contributed by atoms with Gasteiger partial charge in [-0.25, -0.2) is 4.39 Å². The first kappa shape index (κ1) is 16.4. The van der Waals surface area contributed by atoms with E-state index in [1.54, 1.807) is 12.1 Å². The van der Waals surface area contributed by atoms with E-state index in [9.17, 15) is 14.3 Å². The van der Waals surface area contributed by atoms with Crippen molar-refractivity contribution in [2.24, 2.45) is 5.41 Å². The van der Waals surface area contributed by atoms with Crippen molar-refractivity contribution in [2.45, 2.75) is 57.5 Å². The van der Waals surface area contributed by atoms with E-state index < -0.39 is 5.60 Å². The molecule has 23 heavy (non-hydrogen) atoms. The summed E-state index contributed by atoms with van der Waals surface area (Å²) >= 11 is 0. The van der Waals surface area contributed by atoms with Crippen molar-refractivity contribution >= 4 is 5.91 Å². The summed E-state index contributed by atoms with van der Waals surface area (Å²) in [5.41, 5.74) is 0.236. The molecular formula is C19H26FNO2. The number of carbonyl (C=O) groups excluding carboxylic acids is 1. The third-order valence-corrected chi connectivity index (χ3v) is 5.99. The molecule has 3 nitrogen and oxygen atoms in total. The summed E-state index contributed by atoms with van der Waals surface area (Å²) in [6.45, 7) is 3.53. The fraction of sp³-hybridized carbons (Fsp3) is 0.632. The molecule has 1 saturated heterocycles.